The molecule has 7 heteroatoms. The molecule has 0 aliphatic carbocycles. The number of hydrogen-bond donors (Lipinski definition) is 1. The third kappa shape index (κ3) is 4.01. The monoisotopic (exact) mass is 355 g/mol. The fraction of sp³-hybridized carbons (Fsp3) is 0.500. The van der Waals surface area contributed by atoms with E-state index in [9.17, 15) is 14.9 Å². The lowest BCUT2D eigenvalue weighted by Crippen LogP contribution is -2.47. The van der Waals surface area contributed by atoms with Crippen molar-refractivity contribution >= 4 is 27.5 Å². The van der Waals surface area contributed by atoms with Gasteiger partial charge in [0.25, 0.3) is 11.6 Å². The molecule has 1 aliphatic heterocycles. The van der Waals surface area contributed by atoms with Crippen molar-refractivity contribution < 1.29 is 9.72 Å². The van der Waals surface area contributed by atoms with Crippen LogP contribution in [0.5, 0.6) is 0 Å². The van der Waals surface area contributed by atoms with Crippen molar-refractivity contribution in [2.45, 2.75) is 25.8 Å². The molecule has 1 N–H and O–H groups in total. The summed E-state index contributed by atoms with van der Waals surface area (Å²) >= 11 is 3.12. The molecule has 6 nitrogen and oxygen atoms in total. The minimum atomic E-state index is -0.500. The van der Waals surface area contributed by atoms with Crippen LogP contribution < -0.4 is 5.32 Å². The summed E-state index contributed by atoms with van der Waals surface area (Å²) in [5.74, 6) is -0.256. The lowest BCUT2D eigenvalue weighted by atomic mass is 10.0. The van der Waals surface area contributed by atoms with Gasteiger partial charge >= 0.3 is 0 Å². The minimum Gasteiger partial charge on any atom is -0.348 e. The van der Waals surface area contributed by atoms with Crippen molar-refractivity contribution in [1.82, 2.24) is 10.2 Å². The number of halogens is 1. The van der Waals surface area contributed by atoms with E-state index in [4.69, 9.17) is 0 Å². The summed E-state index contributed by atoms with van der Waals surface area (Å²) in [6, 6.07) is 4.53. The summed E-state index contributed by atoms with van der Waals surface area (Å²) in [4.78, 5) is 24.9. The quantitative estimate of drug-likeness (QED) is 0.665. The van der Waals surface area contributed by atoms with Gasteiger partial charge in [-0.2, -0.15) is 0 Å². The Kier molecular flexibility index (Phi) is 5.30. The highest BCUT2D eigenvalue weighted by Crippen LogP contribution is 2.25. The summed E-state index contributed by atoms with van der Waals surface area (Å²) in [6.45, 7) is 4.96. The van der Waals surface area contributed by atoms with Crippen molar-refractivity contribution in [3.05, 3.63) is 38.3 Å². The van der Waals surface area contributed by atoms with Crippen molar-refractivity contribution in [2.24, 2.45) is 0 Å². The SMILES string of the molecule is CCN1CCCC(NC(=O)c2ccc(Br)c([N+](=O)[O-])c2)C1. The second kappa shape index (κ2) is 7.00. The Balaban J connectivity index is 2.06. The molecular formula is C14H18BrN3O3. The molecule has 1 amide bonds. The zero-order valence-corrected chi connectivity index (χ0v) is 13.4. The van der Waals surface area contributed by atoms with Crippen molar-refractivity contribution in [2.75, 3.05) is 19.6 Å². The largest absolute Gasteiger partial charge is 0.348 e. The first kappa shape index (κ1) is 15.9. The summed E-state index contributed by atoms with van der Waals surface area (Å²) in [7, 11) is 0. The normalized spacial score (nSPS) is 19.2. The average Bonchev–Trinajstić information content (AvgIpc) is 2.47. The summed E-state index contributed by atoms with van der Waals surface area (Å²) < 4.78 is 0.374. The van der Waals surface area contributed by atoms with E-state index in [0.717, 1.165) is 32.5 Å². The van der Waals surface area contributed by atoms with Crippen molar-refractivity contribution in [3.8, 4) is 0 Å². The molecule has 1 aromatic carbocycles. The number of carbonyl (C=O) groups excluding carboxylic acids is 1. The Hall–Kier alpha value is -1.47. The molecule has 21 heavy (non-hydrogen) atoms. The van der Waals surface area contributed by atoms with Gasteiger partial charge in [-0.15, -0.1) is 0 Å². The van der Waals surface area contributed by atoms with Crippen LogP contribution in [0.3, 0.4) is 0 Å². The van der Waals surface area contributed by atoms with Gasteiger partial charge in [0.15, 0.2) is 0 Å². The highest BCUT2D eigenvalue weighted by Gasteiger charge is 2.22. The van der Waals surface area contributed by atoms with Crippen LogP contribution in [0, 0.1) is 10.1 Å². The number of rotatable bonds is 4. The van der Waals surface area contributed by atoms with Gasteiger partial charge in [0.05, 0.1) is 9.40 Å². The van der Waals surface area contributed by atoms with Crippen molar-refractivity contribution in [1.29, 1.82) is 0 Å². The zero-order chi connectivity index (χ0) is 15.4. The predicted molar refractivity (Wildman–Crippen MR) is 83.4 cm³/mol. The summed E-state index contributed by atoms with van der Waals surface area (Å²) in [5.41, 5.74) is 0.222. The molecule has 114 valence electrons. The predicted octanol–water partition coefficient (Wildman–Crippen LogP) is 2.57. The average molecular weight is 356 g/mol. The standard InChI is InChI=1S/C14H18BrN3O3/c1-2-17-7-3-4-11(9-17)16-14(19)10-5-6-12(15)13(8-10)18(20)21/h5-6,8,11H,2-4,7,9H2,1H3,(H,16,19). The van der Waals surface area contributed by atoms with Gasteiger partial charge in [-0.1, -0.05) is 6.92 Å². The summed E-state index contributed by atoms with van der Waals surface area (Å²) in [5, 5.41) is 13.9. The maximum Gasteiger partial charge on any atom is 0.284 e. The molecule has 1 aliphatic rings. The number of piperidine rings is 1. The summed E-state index contributed by atoms with van der Waals surface area (Å²) in [6.07, 6.45) is 2.00. The van der Waals surface area contributed by atoms with Gasteiger partial charge in [-0.3, -0.25) is 14.9 Å². The highest BCUT2D eigenvalue weighted by atomic mass is 79.9. The van der Waals surface area contributed by atoms with E-state index in [1.807, 2.05) is 0 Å². The molecule has 1 aromatic rings. The second-order valence-corrected chi connectivity index (χ2v) is 5.98. The lowest BCUT2D eigenvalue weighted by Gasteiger charge is -2.32. The molecular weight excluding hydrogens is 338 g/mol. The van der Waals surface area contributed by atoms with E-state index >= 15 is 0 Å². The second-order valence-electron chi connectivity index (χ2n) is 5.13. The van der Waals surface area contributed by atoms with Crippen LogP contribution in [-0.4, -0.2) is 41.4 Å². The number of hydrogen-bond acceptors (Lipinski definition) is 4. The van der Waals surface area contributed by atoms with Gasteiger partial charge < -0.3 is 10.2 Å². The number of nitro benzene ring substituents is 1. The number of likely N-dealkylation sites (tertiary alicyclic amines) is 1. The molecule has 1 heterocycles. The molecule has 0 spiro atoms. The van der Waals surface area contributed by atoms with Crippen LogP contribution in [0.15, 0.2) is 22.7 Å². The fourth-order valence-electron chi connectivity index (χ4n) is 2.52. The molecule has 0 saturated carbocycles. The third-order valence-corrected chi connectivity index (χ3v) is 4.36. The van der Waals surface area contributed by atoms with E-state index in [0.29, 0.717) is 10.0 Å². The van der Waals surface area contributed by atoms with Crippen LogP contribution >= 0.6 is 15.9 Å². The first-order chi connectivity index (χ1) is 10.0. The molecule has 1 saturated heterocycles. The molecule has 2 rings (SSSR count). The van der Waals surface area contributed by atoms with E-state index in [2.05, 4.69) is 33.1 Å². The Morgan fingerprint density at radius 2 is 2.33 bits per heavy atom. The van der Waals surface area contributed by atoms with Gasteiger partial charge in [0, 0.05) is 24.2 Å². The zero-order valence-electron chi connectivity index (χ0n) is 11.8. The first-order valence-electron chi connectivity index (χ1n) is 6.98. The van der Waals surface area contributed by atoms with Crippen LogP contribution in [-0.2, 0) is 0 Å². The minimum absolute atomic E-state index is 0.0959. The number of likely N-dealkylation sites (N-methyl/N-ethyl adjacent to an activating group) is 1. The number of amides is 1. The Morgan fingerprint density at radius 3 is 3.00 bits per heavy atom. The van der Waals surface area contributed by atoms with Gasteiger partial charge in [-0.05, 0) is 54.0 Å². The van der Waals surface area contributed by atoms with Gasteiger partial charge in [0.2, 0.25) is 0 Å². The van der Waals surface area contributed by atoms with Crippen LogP contribution in [0.25, 0.3) is 0 Å². The Morgan fingerprint density at radius 1 is 1.57 bits per heavy atom. The van der Waals surface area contributed by atoms with Crippen LogP contribution in [0.2, 0.25) is 0 Å². The maximum absolute atomic E-state index is 12.2. The van der Waals surface area contributed by atoms with E-state index in [1.165, 1.54) is 12.1 Å². The highest BCUT2D eigenvalue weighted by molar-refractivity contribution is 9.10. The van der Waals surface area contributed by atoms with Gasteiger partial charge in [-0.25, -0.2) is 0 Å². The molecule has 1 fully saturated rings. The number of nitrogens with one attached hydrogen (secondary N) is 1. The van der Waals surface area contributed by atoms with Gasteiger partial charge in [0.1, 0.15) is 0 Å². The van der Waals surface area contributed by atoms with Crippen LogP contribution in [0.4, 0.5) is 5.69 Å². The van der Waals surface area contributed by atoms with E-state index < -0.39 is 4.92 Å². The third-order valence-electron chi connectivity index (χ3n) is 3.69. The van der Waals surface area contributed by atoms with Crippen LogP contribution in [0.1, 0.15) is 30.1 Å². The number of nitro groups is 1. The topological polar surface area (TPSA) is 75.5 Å². The van der Waals surface area contributed by atoms with E-state index in [1.54, 1.807) is 6.07 Å². The Bertz CT molecular complexity index is 550. The molecule has 0 radical (unpaired) electrons. The Labute approximate surface area is 131 Å². The number of carbonyl (C=O) groups is 1. The molecule has 0 aromatic heterocycles. The van der Waals surface area contributed by atoms with E-state index in [-0.39, 0.29) is 17.6 Å². The first-order valence-corrected chi connectivity index (χ1v) is 7.77. The number of nitrogens with zero attached hydrogens (tertiary/aromatic N) is 2. The molecule has 1 atom stereocenters. The molecule has 1 unspecified atom stereocenters. The lowest BCUT2D eigenvalue weighted by molar-refractivity contribution is -0.385. The smallest absolute Gasteiger partial charge is 0.284 e. The van der Waals surface area contributed by atoms with Crippen molar-refractivity contribution in [3.63, 3.8) is 0 Å². The maximum atomic E-state index is 12.2. The number of benzene rings is 1. The molecule has 0 bridgehead atoms. The fourth-order valence-corrected chi connectivity index (χ4v) is 2.91.